The minimum atomic E-state index is 0.453. The summed E-state index contributed by atoms with van der Waals surface area (Å²) in [5, 5.41) is 3.24. The molecule has 0 aromatic carbocycles. The molecule has 0 spiro atoms. The van der Waals surface area contributed by atoms with Crippen molar-refractivity contribution < 1.29 is 4.79 Å². The van der Waals surface area contributed by atoms with Gasteiger partial charge in [-0.25, -0.2) is 4.98 Å². The van der Waals surface area contributed by atoms with E-state index in [1.807, 2.05) is 30.1 Å². The Morgan fingerprint density at radius 1 is 1.46 bits per heavy atom. The molecule has 1 fully saturated rings. The molecule has 3 rings (SSSR count). The van der Waals surface area contributed by atoms with Gasteiger partial charge >= 0.3 is 0 Å². The van der Waals surface area contributed by atoms with Crippen LogP contribution >= 0.6 is 11.3 Å². The molecule has 0 unspecified atom stereocenters. The van der Waals surface area contributed by atoms with Crippen LogP contribution in [0.4, 0.5) is 0 Å². The Hall–Kier alpha value is -2.21. The van der Waals surface area contributed by atoms with E-state index in [1.54, 1.807) is 17.5 Å². The smallest absolute Gasteiger partial charge is 0.209 e. The Labute approximate surface area is 146 Å². The highest BCUT2D eigenvalue weighted by Crippen LogP contribution is 2.31. The fourth-order valence-corrected chi connectivity index (χ4v) is 3.89. The predicted octanol–water partition coefficient (Wildman–Crippen LogP) is 2.98. The van der Waals surface area contributed by atoms with Crippen LogP contribution in [0, 0.1) is 0 Å². The maximum atomic E-state index is 10.8. The van der Waals surface area contributed by atoms with E-state index in [-0.39, 0.29) is 0 Å². The molecule has 2 aromatic heterocycles. The number of piperidine rings is 1. The molecule has 0 N–H and O–H groups in total. The zero-order chi connectivity index (χ0) is 16.9. The van der Waals surface area contributed by atoms with Crippen LogP contribution in [0.15, 0.2) is 36.4 Å². The topological polar surface area (TPSA) is 49.3 Å². The molecule has 1 saturated heterocycles. The number of likely N-dealkylation sites (tertiary alicyclic amines) is 1. The maximum Gasteiger partial charge on any atom is 0.209 e. The second-order valence-electron chi connectivity index (χ2n) is 6.11. The number of pyridine rings is 1. The van der Waals surface area contributed by atoms with Gasteiger partial charge in [0.2, 0.25) is 6.41 Å². The normalized spacial score (nSPS) is 15.3. The summed E-state index contributed by atoms with van der Waals surface area (Å²) in [6.07, 6.45) is 4.72. The van der Waals surface area contributed by atoms with Gasteiger partial charge in [-0.05, 0) is 25.0 Å². The molecule has 0 aliphatic carbocycles. The molecule has 24 heavy (non-hydrogen) atoms. The number of carbonyl (C=O) groups excluding carboxylic acids is 1. The van der Waals surface area contributed by atoms with Crippen molar-refractivity contribution in [1.29, 1.82) is 0 Å². The van der Waals surface area contributed by atoms with Gasteiger partial charge in [0.15, 0.2) is 0 Å². The summed E-state index contributed by atoms with van der Waals surface area (Å²) in [6, 6.07) is 5.92. The Morgan fingerprint density at radius 3 is 2.92 bits per heavy atom. The van der Waals surface area contributed by atoms with Gasteiger partial charge in [-0.2, -0.15) is 0 Å². The molecule has 6 heteroatoms. The van der Waals surface area contributed by atoms with Crippen LogP contribution in [0.5, 0.6) is 0 Å². The summed E-state index contributed by atoms with van der Waals surface area (Å²) >= 11 is 1.70. The summed E-state index contributed by atoms with van der Waals surface area (Å²) in [5.41, 5.74) is 2.86. The monoisotopic (exact) mass is 342 g/mol. The molecular formula is C18H22N4OS. The minimum Gasteiger partial charge on any atom is -0.367 e. The zero-order valence-corrected chi connectivity index (χ0v) is 14.7. The van der Waals surface area contributed by atoms with E-state index in [4.69, 9.17) is 4.98 Å². The van der Waals surface area contributed by atoms with Crippen LogP contribution in [-0.2, 0) is 11.3 Å². The lowest BCUT2D eigenvalue weighted by molar-refractivity contribution is -0.119. The van der Waals surface area contributed by atoms with Crippen molar-refractivity contribution in [1.82, 2.24) is 19.8 Å². The van der Waals surface area contributed by atoms with E-state index in [9.17, 15) is 4.79 Å². The van der Waals surface area contributed by atoms with Gasteiger partial charge in [-0.3, -0.25) is 9.78 Å². The van der Waals surface area contributed by atoms with Gasteiger partial charge in [0, 0.05) is 37.6 Å². The van der Waals surface area contributed by atoms with E-state index in [1.165, 1.54) is 0 Å². The van der Waals surface area contributed by atoms with Crippen molar-refractivity contribution in [2.24, 2.45) is 0 Å². The number of hydrogen-bond donors (Lipinski definition) is 0. The van der Waals surface area contributed by atoms with Crippen LogP contribution in [0.2, 0.25) is 0 Å². The van der Waals surface area contributed by atoms with Crippen LogP contribution in [0.3, 0.4) is 0 Å². The SMILES string of the molecule is C=C(c1csc(C2CCN(C=O)CC2)n1)N(C)Cc1ccccn1. The lowest BCUT2D eigenvalue weighted by Crippen LogP contribution is -2.31. The Kier molecular flexibility index (Phi) is 5.25. The number of aromatic nitrogens is 2. The standard InChI is InChI=1S/C18H22N4OS/c1-14(21(2)11-16-5-3-4-8-19-16)17-12-24-18(20-17)15-6-9-22(13-23)10-7-15/h3-5,8,12-13,15H,1,6-7,9-11H2,2H3. The van der Waals surface area contributed by atoms with E-state index < -0.39 is 0 Å². The van der Waals surface area contributed by atoms with Gasteiger partial charge in [0.1, 0.15) is 0 Å². The molecule has 126 valence electrons. The highest BCUT2D eigenvalue weighted by molar-refractivity contribution is 7.09. The highest BCUT2D eigenvalue weighted by atomic mass is 32.1. The van der Waals surface area contributed by atoms with Gasteiger partial charge in [-0.1, -0.05) is 12.6 Å². The van der Waals surface area contributed by atoms with Gasteiger partial charge in [-0.15, -0.1) is 11.3 Å². The molecule has 0 radical (unpaired) electrons. The van der Waals surface area contributed by atoms with Crippen molar-refractivity contribution in [3.63, 3.8) is 0 Å². The predicted molar refractivity (Wildman–Crippen MR) is 96.5 cm³/mol. The molecule has 2 aromatic rings. The number of nitrogens with zero attached hydrogens (tertiary/aromatic N) is 4. The average Bonchev–Trinajstić information content (AvgIpc) is 3.12. The van der Waals surface area contributed by atoms with Crippen molar-refractivity contribution in [3.05, 3.63) is 52.8 Å². The van der Waals surface area contributed by atoms with Crippen LogP contribution in [-0.4, -0.2) is 46.3 Å². The van der Waals surface area contributed by atoms with Gasteiger partial charge in [0.25, 0.3) is 0 Å². The largest absolute Gasteiger partial charge is 0.367 e. The first-order valence-electron chi connectivity index (χ1n) is 8.12. The lowest BCUT2D eigenvalue weighted by atomic mass is 9.98. The summed E-state index contributed by atoms with van der Waals surface area (Å²) in [4.78, 5) is 23.9. The van der Waals surface area contributed by atoms with E-state index in [2.05, 4.69) is 21.8 Å². The third-order valence-corrected chi connectivity index (χ3v) is 5.44. The van der Waals surface area contributed by atoms with E-state index in [0.717, 1.165) is 54.4 Å². The molecule has 0 saturated carbocycles. The Morgan fingerprint density at radius 2 is 2.25 bits per heavy atom. The fraction of sp³-hybridized carbons (Fsp3) is 0.389. The molecule has 5 nitrogen and oxygen atoms in total. The van der Waals surface area contributed by atoms with Gasteiger partial charge < -0.3 is 9.80 Å². The molecule has 1 amide bonds. The third-order valence-electron chi connectivity index (χ3n) is 4.43. The summed E-state index contributed by atoms with van der Waals surface area (Å²) in [5.74, 6) is 0.453. The summed E-state index contributed by atoms with van der Waals surface area (Å²) in [6.45, 7) is 6.55. The highest BCUT2D eigenvalue weighted by Gasteiger charge is 2.22. The number of carbonyl (C=O) groups is 1. The maximum absolute atomic E-state index is 10.8. The molecule has 1 aliphatic rings. The zero-order valence-electron chi connectivity index (χ0n) is 13.9. The minimum absolute atomic E-state index is 0.453. The molecule has 1 aliphatic heterocycles. The Balaban J connectivity index is 1.62. The second kappa shape index (κ2) is 7.57. The van der Waals surface area contributed by atoms with Crippen LogP contribution < -0.4 is 0 Å². The number of hydrogen-bond acceptors (Lipinski definition) is 5. The van der Waals surface area contributed by atoms with E-state index >= 15 is 0 Å². The van der Waals surface area contributed by atoms with Crippen LogP contribution in [0.25, 0.3) is 5.70 Å². The number of rotatable bonds is 6. The quantitative estimate of drug-likeness (QED) is 0.757. The summed E-state index contributed by atoms with van der Waals surface area (Å²) in [7, 11) is 2.01. The average molecular weight is 342 g/mol. The summed E-state index contributed by atoms with van der Waals surface area (Å²) < 4.78 is 0. The third kappa shape index (κ3) is 3.82. The van der Waals surface area contributed by atoms with Crippen molar-refractivity contribution in [2.75, 3.05) is 20.1 Å². The molecular weight excluding hydrogens is 320 g/mol. The van der Waals surface area contributed by atoms with E-state index in [0.29, 0.717) is 12.5 Å². The van der Waals surface area contributed by atoms with Crippen molar-refractivity contribution in [3.8, 4) is 0 Å². The number of thiazole rings is 1. The van der Waals surface area contributed by atoms with Crippen LogP contribution in [0.1, 0.15) is 35.2 Å². The second-order valence-corrected chi connectivity index (χ2v) is 7.00. The van der Waals surface area contributed by atoms with Gasteiger partial charge in [0.05, 0.1) is 28.6 Å². The van der Waals surface area contributed by atoms with Crippen molar-refractivity contribution in [2.45, 2.75) is 25.3 Å². The first kappa shape index (κ1) is 16.6. The molecule has 3 heterocycles. The number of amides is 1. The lowest BCUT2D eigenvalue weighted by Gasteiger charge is -2.27. The fourth-order valence-electron chi connectivity index (χ4n) is 2.89. The molecule has 0 bridgehead atoms. The Bertz CT molecular complexity index is 692. The molecule has 0 atom stereocenters. The first-order chi connectivity index (χ1) is 11.7. The van der Waals surface area contributed by atoms with Crippen molar-refractivity contribution >= 4 is 23.4 Å². The first-order valence-corrected chi connectivity index (χ1v) is 9.00.